The van der Waals surface area contributed by atoms with Crippen LogP contribution in [0, 0.1) is 6.92 Å². The highest BCUT2D eigenvalue weighted by molar-refractivity contribution is 5.92. The number of imidazole rings is 1. The van der Waals surface area contributed by atoms with Gasteiger partial charge in [-0.15, -0.1) is 0 Å². The molecule has 3 aromatic rings. The van der Waals surface area contributed by atoms with E-state index < -0.39 is 0 Å². The molecule has 0 saturated carbocycles. The van der Waals surface area contributed by atoms with Crippen LogP contribution < -0.4 is 10.1 Å². The number of ether oxygens (including phenoxy) is 1. The number of anilines is 1. The number of H-pyrrole nitrogens is 1. The van der Waals surface area contributed by atoms with E-state index in [0.29, 0.717) is 6.42 Å². The van der Waals surface area contributed by atoms with Gasteiger partial charge in [-0.25, -0.2) is 4.98 Å². The van der Waals surface area contributed by atoms with E-state index in [1.54, 1.807) is 13.4 Å². The number of aromatic nitrogens is 2. The highest BCUT2D eigenvalue weighted by Crippen LogP contribution is 2.22. The van der Waals surface area contributed by atoms with E-state index in [1.807, 2.05) is 55.5 Å². The number of benzene rings is 2. The molecule has 0 aliphatic carbocycles. The van der Waals surface area contributed by atoms with Crippen LogP contribution in [0.4, 0.5) is 5.69 Å². The molecule has 0 bridgehead atoms. The van der Waals surface area contributed by atoms with Crippen molar-refractivity contribution in [3.05, 3.63) is 66.1 Å². The van der Waals surface area contributed by atoms with Crippen molar-refractivity contribution >= 4 is 11.6 Å². The van der Waals surface area contributed by atoms with Crippen LogP contribution in [-0.2, 0) is 11.2 Å². The molecule has 0 aliphatic heterocycles. The van der Waals surface area contributed by atoms with Crippen LogP contribution in [0.2, 0.25) is 0 Å². The van der Waals surface area contributed by atoms with E-state index in [0.717, 1.165) is 34.0 Å². The summed E-state index contributed by atoms with van der Waals surface area (Å²) in [5, 5.41) is 2.91. The first kappa shape index (κ1) is 15.8. The standard InChI is InChI=1S/C19H19N3O2/c1-13-19(21-12-20-13)15-5-7-16(8-6-15)22-18(23)11-14-3-9-17(24-2)10-4-14/h3-10,12H,11H2,1-2H3,(H,20,21)(H,22,23). The molecule has 1 aromatic heterocycles. The zero-order valence-corrected chi connectivity index (χ0v) is 13.7. The van der Waals surface area contributed by atoms with Crippen LogP contribution in [0.15, 0.2) is 54.9 Å². The third-order valence-corrected chi connectivity index (χ3v) is 3.80. The van der Waals surface area contributed by atoms with Crippen molar-refractivity contribution in [2.24, 2.45) is 0 Å². The Morgan fingerprint density at radius 2 is 1.83 bits per heavy atom. The van der Waals surface area contributed by atoms with Crippen molar-refractivity contribution in [3.63, 3.8) is 0 Å². The molecule has 1 amide bonds. The van der Waals surface area contributed by atoms with Crippen molar-refractivity contribution < 1.29 is 9.53 Å². The summed E-state index contributed by atoms with van der Waals surface area (Å²) in [5.41, 5.74) is 4.67. The molecule has 0 fully saturated rings. The lowest BCUT2D eigenvalue weighted by molar-refractivity contribution is -0.115. The van der Waals surface area contributed by atoms with Gasteiger partial charge in [0.1, 0.15) is 5.75 Å². The van der Waals surface area contributed by atoms with Crippen molar-refractivity contribution in [2.45, 2.75) is 13.3 Å². The summed E-state index contributed by atoms with van der Waals surface area (Å²) in [5.74, 6) is 0.729. The van der Waals surface area contributed by atoms with E-state index >= 15 is 0 Å². The normalized spacial score (nSPS) is 10.4. The molecule has 0 radical (unpaired) electrons. The Hall–Kier alpha value is -3.08. The van der Waals surface area contributed by atoms with Gasteiger partial charge in [-0.2, -0.15) is 0 Å². The molecule has 122 valence electrons. The molecule has 0 saturated heterocycles. The predicted molar refractivity (Wildman–Crippen MR) is 94.1 cm³/mol. The van der Waals surface area contributed by atoms with Crippen molar-refractivity contribution in [1.82, 2.24) is 9.97 Å². The second-order valence-electron chi connectivity index (χ2n) is 5.53. The van der Waals surface area contributed by atoms with Gasteiger partial charge in [-0.3, -0.25) is 4.79 Å². The number of rotatable bonds is 5. The van der Waals surface area contributed by atoms with Gasteiger partial charge >= 0.3 is 0 Å². The summed E-state index contributed by atoms with van der Waals surface area (Å²) >= 11 is 0. The number of carbonyl (C=O) groups excluding carboxylic acids is 1. The topological polar surface area (TPSA) is 67.0 Å². The summed E-state index contributed by atoms with van der Waals surface area (Å²) in [6, 6.07) is 15.2. The monoisotopic (exact) mass is 321 g/mol. The quantitative estimate of drug-likeness (QED) is 0.755. The van der Waals surface area contributed by atoms with Crippen LogP contribution in [0.3, 0.4) is 0 Å². The number of nitrogens with zero attached hydrogens (tertiary/aromatic N) is 1. The lowest BCUT2D eigenvalue weighted by Gasteiger charge is -2.07. The maximum absolute atomic E-state index is 12.1. The lowest BCUT2D eigenvalue weighted by atomic mass is 10.1. The Balaban J connectivity index is 1.63. The van der Waals surface area contributed by atoms with Gasteiger partial charge in [0.05, 0.1) is 25.6 Å². The largest absolute Gasteiger partial charge is 0.497 e. The second-order valence-corrected chi connectivity index (χ2v) is 5.53. The molecular weight excluding hydrogens is 302 g/mol. The first-order valence-electron chi connectivity index (χ1n) is 7.69. The maximum atomic E-state index is 12.1. The Morgan fingerprint density at radius 3 is 2.42 bits per heavy atom. The van der Waals surface area contributed by atoms with Gasteiger partial charge in [0.25, 0.3) is 0 Å². The van der Waals surface area contributed by atoms with E-state index in [4.69, 9.17) is 4.74 Å². The molecule has 24 heavy (non-hydrogen) atoms. The Morgan fingerprint density at radius 1 is 1.12 bits per heavy atom. The fourth-order valence-corrected chi connectivity index (χ4v) is 2.50. The van der Waals surface area contributed by atoms with E-state index in [2.05, 4.69) is 15.3 Å². The maximum Gasteiger partial charge on any atom is 0.228 e. The minimum atomic E-state index is -0.0520. The Bertz CT molecular complexity index is 821. The highest BCUT2D eigenvalue weighted by Gasteiger charge is 2.07. The van der Waals surface area contributed by atoms with Gasteiger partial charge in [0.2, 0.25) is 5.91 Å². The summed E-state index contributed by atoms with van der Waals surface area (Å²) < 4.78 is 5.11. The zero-order valence-electron chi connectivity index (χ0n) is 13.7. The number of aromatic amines is 1. The molecule has 5 heteroatoms. The summed E-state index contributed by atoms with van der Waals surface area (Å²) in [7, 11) is 1.62. The van der Waals surface area contributed by atoms with Gasteiger partial charge < -0.3 is 15.0 Å². The summed E-state index contributed by atoms with van der Waals surface area (Å²) in [4.78, 5) is 19.5. The second kappa shape index (κ2) is 7.00. The zero-order chi connectivity index (χ0) is 16.9. The van der Waals surface area contributed by atoms with Crippen LogP contribution in [-0.4, -0.2) is 23.0 Å². The highest BCUT2D eigenvalue weighted by atomic mass is 16.5. The Kier molecular flexibility index (Phi) is 4.61. The molecule has 0 spiro atoms. The number of hydrogen-bond donors (Lipinski definition) is 2. The number of amides is 1. The van der Waals surface area contributed by atoms with E-state index in [9.17, 15) is 4.79 Å². The molecule has 2 N–H and O–H groups in total. The van der Waals surface area contributed by atoms with Crippen molar-refractivity contribution in [1.29, 1.82) is 0 Å². The summed E-state index contributed by atoms with van der Waals surface area (Å²) in [6.07, 6.45) is 2.00. The number of nitrogens with one attached hydrogen (secondary N) is 2. The van der Waals surface area contributed by atoms with Crippen LogP contribution in [0.25, 0.3) is 11.3 Å². The molecule has 0 atom stereocenters. The molecule has 5 nitrogen and oxygen atoms in total. The third-order valence-electron chi connectivity index (χ3n) is 3.80. The Labute approximate surface area is 140 Å². The SMILES string of the molecule is COc1ccc(CC(=O)Nc2ccc(-c3nc[nH]c3C)cc2)cc1. The van der Waals surface area contributed by atoms with Crippen molar-refractivity contribution in [3.8, 4) is 17.0 Å². The van der Waals surface area contributed by atoms with Gasteiger partial charge in [0.15, 0.2) is 0 Å². The smallest absolute Gasteiger partial charge is 0.228 e. The number of carbonyl (C=O) groups is 1. The lowest BCUT2D eigenvalue weighted by Crippen LogP contribution is -2.14. The molecule has 3 rings (SSSR count). The number of methoxy groups -OCH3 is 1. The minimum Gasteiger partial charge on any atom is -0.497 e. The van der Waals surface area contributed by atoms with Gasteiger partial charge in [0, 0.05) is 16.9 Å². The average Bonchev–Trinajstić information content (AvgIpc) is 3.02. The first-order valence-corrected chi connectivity index (χ1v) is 7.69. The molecular formula is C19H19N3O2. The molecule has 2 aromatic carbocycles. The van der Waals surface area contributed by atoms with Crippen LogP contribution >= 0.6 is 0 Å². The predicted octanol–water partition coefficient (Wildman–Crippen LogP) is 3.57. The van der Waals surface area contributed by atoms with Gasteiger partial charge in [-0.05, 0) is 36.8 Å². The van der Waals surface area contributed by atoms with Gasteiger partial charge in [-0.1, -0.05) is 24.3 Å². The molecule has 0 aliphatic rings. The van der Waals surface area contributed by atoms with Crippen molar-refractivity contribution in [2.75, 3.05) is 12.4 Å². The number of aryl methyl sites for hydroxylation is 1. The summed E-state index contributed by atoms with van der Waals surface area (Å²) in [6.45, 7) is 1.98. The fourth-order valence-electron chi connectivity index (χ4n) is 2.50. The van der Waals surface area contributed by atoms with Crippen LogP contribution in [0.1, 0.15) is 11.3 Å². The molecule has 0 unspecified atom stereocenters. The first-order chi connectivity index (χ1) is 11.7. The fraction of sp³-hybridized carbons (Fsp3) is 0.158. The molecule has 1 heterocycles. The average molecular weight is 321 g/mol. The number of hydrogen-bond acceptors (Lipinski definition) is 3. The van der Waals surface area contributed by atoms with Crippen LogP contribution in [0.5, 0.6) is 5.75 Å². The van der Waals surface area contributed by atoms with E-state index in [1.165, 1.54) is 0 Å². The third kappa shape index (κ3) is 3.63. The van der Waals surface area contributed by atoms with E-state index in [-0.39, 0.29) is 5.91 Å². The minimum absolute atomic E-state index is 0.0520.